The fourth-order valence-corrected chi connectivity index (χ4v) is 11.1. The molecule has 0 bridgehead atoms. The Morgan fingerprint density at radius 2 is 0.727 bits per heavy atom. The zero-order valence-corrected chi connectivity index (χ0v) is 36.8. The fourth-order valence-electron chi connectivity index (χ4n) is 11.1. The maximum Gasteiger partial charge on any atom is 0.160 e. The number of aromatic nitrogens is 2. The van der Waals surface area contributed by atoms with Gasteiger partial charge in [0.25, 0.3) is 0 Å². The molecular weight excluding hydrogens is 819 g/mol. The normalized spacial score (nSPS) is 12.4. The van der Waals surface area contributed by atoms with Crippen LogP contribution in [0.4, 0.5) is 8.78 Å². The molecule has 0 atom stereocenters. The van der Waals surface area contributed by atoms with E-state index in [9.17, 15) is 0 Å². The van der Waals surface area contributed by atoms with E-state index in [0.29, 0.717) is 0 Å². The average molecular weight is 861 g/mol. The van der Waals surface area contributed by atoms with Gasteiger partial charge < -0.3 is 18.0 Å². The number of furan rings is 2. The van der Waals surface area contributed by atoms with Gasteiger partial charge in [-0.25, -0.2) is 8.78 Å². The van der Waals surface area contributed by atoms with Gasteiger partial charge in [0.2, 0.25) is 0 Å². The van der Waals surface area contributed by atoms with E-state index in [4.69, 9.17) is 8.83 Å². The molecule has 13 rings (SSSR count). The zero-order chi connectivity index (χ0) is 44.5. The lowest BCUT2D eigenvalue weighted by Crippen LogP contribution is -2.15. The van der Waals surface area contributed by atoms with Crippen LogP contribution in [0, 0.1) is 11.6 Å². The summed E-state index contributed by atoms with van der Waals surface area (Å²) in [5.41, 5.74) is 14.8. The maximum absolute atomic E-state index is 15.3. The molecule has 0 saturated heterocycles. The summed E-state index contributed by atoms with van der Waals surface area (Å²) in [5.74, 6) is -0.771. The summed E-state index contributed by atoms with van der Waals surface area (Å²) in [6.45, 7) is 9.02. The van der Waals surface area contributed by atoms with Gasteiger partial charge in [-0.3, -0.25) is 0 Å². The molecular formula is C60H42F2N2O2. The topological polar surface area (TPSA) is 36.1 Å². The first-order valence-electron chi connectivity index (χ1n) is 22.7. The zero-order valence-electron chi connectivity index (χ0n) is 36.8. The summed E-state index contributed by atoms with van der Waals surface area (Å²) in [5, 5.41) is 8.43. The lowest BCUT2D eigenvalue weighted by molar-refractivity contribution is 0.627. The average Bonchev–Trinajstić information content (AvgIpc) is 4.09. The Morgan fingerprint density at radius 3 is 1.15 bits per heavy atom. The second kappa shape index (κ2) is 14.3. The monoisotopic (exact) mass is 860 g/mol. The van der Waals surface area contributed by atoms with Gasteiger partial charge >= 0.3 is 0 Å². The van der Waals surface area contributed by atoms with E-state index in [0.717, 1.165) is 132 Å². The Kier molecular flexibility index (Phi) is 8.32. The summed E-state index contributed by atoms with van der Waals surface area (Å²) >= 11 is 0. The maximum atomic E-state index is 15.3. The van der Waals surface area contributed by atoms with Crippen LogP contribution in [0.5, 0.6) is 0 Å². The van der Waals surface area contributed by atoms with Crippen LogP contribution in [0.3, 0.4) is 0 Å². The predicted molar refractivity (Wildman–Crippen MR) is 269 cm³/mol. The van der Waals surface area contributed by atoms with Crippen molar-refractivity contribution in [3.63, 3.8) is 0 Å². The number of benzene rings is 9. The Balaban J connectivity index is 1.34. The van der Waals surface area contributed by atoms with Gasteiger partial charge in [0.15, 0.2) is 11.2 Å². The summed E-state index contributed by atoms with van der Waals surface area (Å²) in [7, 11) is 0. The minimum Gasteiger partial charge on any atom is -0.454 e. The van der Waals surface area contributed by atoms with Crippen molar-refractivity contribution in [3.8, 4) is 33.6 Å². The van der Waals surface area contributed by atoms with E-state index in [1.807, 2.05) is 54.6 Å². The van der Waals surface area contributed by atoms with E-state index in [2.05, 4.69) is 128 Å². The van der Waals surface area contributed by atoms with Crippen LogP contribution in [0.25, 0.3) is 121 Å². The van der Waals surface area contributed by atoms with Gasteiger partial charge in [-0.1, -0.05) is 137 Å². The predicted octanol–water partition coefficient (Wildman–Crippen LogP) is 17.5. The van der Waals surface area contributed by atoms with Gasteiger partial charge in [-0.05, 0) is 94.8 Å². The molecule has 4 aromatic heterocycles. The smallest absolute Gasteiger partial charge is 0.160 e. The van der Waals surface area contributed by atoms with Crippen LogP contribution in [-0.2, 0) is 0 Å². The molecule has 4 nitrogen and oxygen atoms in total. The second-order valence-corrected chi connectivity index (χ2v) is 18.2. The third kappa shape index (κ3) is 5.36. The Hall–Kier alpha value is -7.96. The SMILES string of the molecule is CC(C)c1c(-c2ccc(F)cc2)c(-n2c3ccccc3c3ccc4c5ccccc5oc4c32)c(-c2ccc(F)cc2)c(C(C)C)c1-n1c2ccccc2c2ccc3c4ccccc4oc3c21. The number of halogens is 2. The van der Waals surface area contributed by atoms with Gasteiger partial charge in [-0.2, -0.15) is 0 Å². The summed E-state index contributed by atoms with van der Waals surface area (Å²) < 4.78 is 49.3. The van der Waals surface area contributed by atoms with Crippen molar-refractivity contribution in [1.82, 2.24) is 9.13 Å². The van der Waals surface area contributed by atoms with Gasteiger partial charge in [-0.15, -0.1) is 0 Å². The number of hydrogen-bond donors (Lipinski definition) is 0. The Bertz CT molecular complexity index is 4050. The highest BCUT2D eigenvalue weighted by atomic mass is 19.1. The highest BCUT2D eigenvalue weighted by molar-refractivity contribution is 6.24. The number of fused-ring (bicyclic) bond motifs is 14. The van der Waals surface area contributed by atoms with E-state index in [1.165, 1.54) is 0 Å². The molecule has 0 aliphatic carbocycles. The molecule has 0 spiro atoms. The number of nitrogens with zero attached hydrogens (tertiary/aromatic N) is 2. The van der Waals surface area contributed by atoms with E-state index in [1.54, 1.807) is 24.3 Å². The second-order valence-electron chi connectivity index (χ2n) is 18.2. The molecule has 6 heteroatoms. The number of hydrogen-bond acceptors (Lipinski definition) is 2. The fraction of sp³-hybridized carbons (Fsp3) is 0.100. The highest BCUT2D eigenvalue weighted by Gasteiger charge is 2.34. The summed E-state index contributed by atoms with van der Waals surface area (Å²) in [6.07, 6.45) is 0. The van der Waals surface area contributed by atoms with Crippen LogP contribution < -0.4 is 0 Å². The van der Waals surface area contributed by atoms with Crippen molar-refractivity contribution >= 4 is 87.5 Å². The van der Waals surface area contributed by atoms with E-state index in [-0.39, 0.29) is 23.5 Å². The Morgan fingerprint density at radius 1 is 0.364 bits per heavy atom. The van der Waals surface area contributed by atoms with Crippen molar-refractivity contribution < 1.29 is 17.6 Å². The number of para-hydroxylation sites is 4. The minimum atomic E-state index is -0.320. The lowest BCUT2D eigenvalue weighted by atomic mass is 9.79. The van der Waals surface area contributed by atoms with Crippen LogP contribution in [0.15, 0.2) is 179 Å². The quantitative estimate of drug-likeness (QED) is 0.167. The minimum absolute atomic E-state index is 0.0658. The number of rotatable bonds is 6. The molecule has 0 saturated carbocycles. The van der Waals surface area contributed by atoms with Crippen LogP contribution in [0.1, 0.15) is 50.7 Å². The molecule has 0 aliphatic heterocycles. The van der Waals surface area contributed by atoms with Gasteiger partial charge in [0.1, 0.15) is 22.8 Å². The highest BCUT2D eigenvalue weighted by Crippen LogP contribution is 2.54. The third-order valence-corrected chi connectivity index (χ3v) is 13.7. The molecule has 0 radical (unpaired) electrons. The largest absolute Gasteiger partial charge is 0.454 e. The van der Waals surface area contributed by atoms with E-state index >= 15 is 8.78 Å². The molecule has 13 aromatic rings. The molecule has 0 amide bonds. The van der Waals surface area contributed by atoms with Crippen molar-refractivity contribution in [2.45, 2.75) is 39.5 Å². The first-order chi connectivity index (χ1) is 32.3. The van der Waals surface area contributed by atoms with Crippen molar-refractivity contribution in [2.75, 3.05) is 0 Å². The lowest BCUT2D eigenvalue weighted by Gasteiger charge is -2.32. The van der Waals surface area contributed by atoms with Crippen molar-refractivity contribution in [1.29, 1.82) is 0 Å². The van der Waals surface area contributed by atoms with Gasteiger partial charge in [0, 0.05) is 54.2 Å². The summed E-state index contributed by atoms with van der Waals surface area (Å²) in [6, 6.07) is 56.2. The van der Waals surface area contributed by atoms with E-state index < -0.39 is 0 Å². The molecule has 0 aliphatic rings. The van der Waals surface area contributed by atoms with Crippen LogP contribution in [0.2, 0.25) is 0 Å². The first kappa shape index (κ1) is 38.5. The molecule has 0 N–H and O–H groups in total. The van der Waals surface area contributed by atoms with Gasteiger partial charge in [0.05, 0.1) is 33.4 Å². The third-order valence-electron chi connectivity index (χ3n) is 13.7. The standard InChI is InChI=1S/C60H42F2N2O2/c1-33(2)51-53(35-21-25-37(61)26-22-35)58(64-48-18-10-6-14-40(48)44-30-32-46-42-16-8-12-20-50(42)66-60(46)56(44)64)54(36-23-27-38(62)28-24-36)52(34(3)4)57(51)63-47-17-9-5-13-39(47)43-29-31-45-41-15-7-11-19-49(41)65-59(45)55(43)63/h5-34H,1-4H3. The molecule has 66 heavy (non-hydrogen) atoms. The molecule has 318 valence electrons. The first-order valence-corrected chi connectivity index (χ1v) is 22.7. The Labute approximate surface area is 378 Å². The van der Waals surface area contributed by atoms with Crippen LogP contribution in [-0.4, -0.2) is 9.13 Å². The molecule has 0 unspecified atom stereocenters. The summed E-state index contributed by atoms with van der Waals surface area (Å²) in [4.78, 5) is 0. The van der Waals surface area contributed by atoms with Crippen molar-refractivity contribution in [3.05, 3.63) is 193 Å². The molecule has 9 aromatic carbocycles. The molecule has 0 fully saturated rings. The van der Waals surface area contributed by atoms with Crippen molar-refractivity contribution in [2.24, 2.45) is 0 Å². The van der Waals surface area contributed by atoms with Crippen LogP contribution >= 0.6 is 0 Å². The molecule has 4 heterocycles.